The molecule has 1 N–H and O–H groups in total. The summed E-state index contributed by atoms with van der Waals surface area (Å²) < 4.78 is -0.369. The predicted molar refractivity (Wildman–Crippen MR) is 115 cm³/mol. The molecule has 1 aliphatic carbocycles. The van der Waals surface area contributed by atoms with E-state index in [1.165, 1.54) is 17.7 Å². The van der Waals surface area contributed by atoms with Gasteiger partial charge < -0.3 is 0 Å². The monoisotopic (exact) mass is 412 g/mol. The minimum Gasteiger partial charge on any atom is -0.272 e. The summed E-state index contributed by atoms with van der Waals surface area (Å²) in [6, 6.07) is 13.4. The van der Waals surface area contributed by atoms with Crippen molar-refractivity contribution in [3.63, 3.8) is 0 Å². The average Bonchev–Trinajstić information content (AvgIpc) is 2.68. The maximum Gasteiger partial charge on any atom is 0.301 e. The van der Waals surface area contributed by atoms with Crippen molar-refractivity contribution in [2.75, 3.05) is 5.43 Å². The zero-order valence-corrected chi connectivity index (χ0v) is 16.6. The lowest BCUT2D eigenvalue weighted by Crippen LogP contribution is -2.27. The van der Waals surface area contributed by atoms with Gasteiger partial charge in [0.15, 0.2) is 0 Å². The quantitative estimate of drug-likeness (QED) is 0.276. The number of benzene rings is 2. The second kappa shape index (κ2) is 8.87. The summed E-state index contributed by atoms with van der Waals surface area (Å²) in [5, 5.41) is 26.4. The first-order valence-corrected chi connectivity index (χ1v) is 9.86. The number of hydrogen-bond acceptors (Lipinski definition) is 7. The van der Waals surface area contributed by atoms with E-state index in [1.54, 1.807) is 18.0 Å². The van der Waals surface area contributed by atoms with Crippen LogP contribution in [0.2, 0.25) is 0 Å². The van der Waals surface area contributed by atoms with Crippen LogP contribution in [0.3, 0.4) is 0 Å². The zero-order valence-electron chi connectivity index (χ0n) is 15.8. The molecule has 0 radical (unpaired) electrons. The third kappa shape index (κ3) is 5.20. The number of anilines is 1. The van der Waals surface area contributed by atoms with Gasteiger partial charge in [-0.2, -0.15) is 5.10 Å². The van der Waals surface area contributed by atoms with E-state index in [4.69, 9.17) is 0 Å². The highest BCUT2D eigenvalue weighted by Gasteiger charge is 2.30. The number of allylic oxidation sites excluding steroid dienone is 1. The lowest BCUT2D eigenvalue weighted by molar-refractivity contribution is -0.393. The van der Waals surface area contributed by atoms with Gasteiger partial charge in [-0.25, -0.2) is 0 Å². The van der Waals surface area contributed by atoms with Crippen LogP contribution in [-0.2, 0) is 0 Å². The second-order valence-corrected chi connectivity index (χ2v) is 8.24. The molecule has 9 heteroatoms. The Morgan fingerprint density at radius 1 is 1.14 bits per heavy atom. The number of hydrogen-bond donors (Lipinski definition) is 1. The van der Waals surface area contributed by atoms with E-state index in [0.29, 0.717) is 0 Å². The van der Waals surface area contributed by atoms with Crippen molar-refractivity contribution in [1.29, 1.82) is 0 Å². The number of rotatable bonds is 7. The molecule has 3 rings (SSSR count). The van der Waals surface area contributed by atoms with E-state index in [1.807, 2.05) is 30.3 Å². The molecular formula is C20H20N4O4S. The molecular weight excluding hydrogens is 392 g/mol. The van der Waals surface area contributed by atoms with Crippen LogP contribution in [0.5, 0.6) is 0 Å². The molecule has 2 aromatic carbocycles. The first-order chi connectivity index (χ1) is 13.9. The fourth-order valence-corrected chi connectivity index (χ4v) is 4.56. The van der Waals surface area contributed by atoms with Gasteiger partial charge in [-0.05, 0) is 44.4 Å². The Morgan fingerprint density at radius 2 is 1.90 bits per heavy atom. The highest BCUT2D eigenvalue weighted by molar-refractivity contribution is 8.01. The molecule has 0 saturated heterocycles. The SMILES string of the molecule is CC1=CC(/C=N/Nc2ccc([N+](=O)[O-])cc2[N+](=O)[O-])(Sc2ccccc2)CCC1. The van der Waals surface area contributed by atoms with E-state index >= 15 is 0 Å². The van der Waals surface area contributed by atoms with Crippen LogP contribution in [0.1, 0.15) is 26.2 Å². The molecule has 150 valence electrons. The van der Waals surface area contributed by atoms with Crippen LogP contribution in [0.15, 0.2) is 70.2 Å². The molecule has 29 heavy (non-hydrogen) atoms. The minimum absolute atomic E-state index is 0.105. The predicted octanol–water partition coefficient (Wildman–Crippen LogP) is 5.56. The van der Waals surface area contributed by atoms with Crippen molar-refractivity contribution in [3.8, 4) is 0 Å². The van der Waals surface area contributed by atoms with E-state index < -0.39 is 15.5 Å². The zero-order chi connectivity index (χ0) is 20.9. The largest absolute Gasteiger partial charge is 0.301 e. The molecule has 0 heterocycles. The molecule has 0 fully saturated rings. The van der Waals surface area contributed by atoms with Crippen LogP contribution in [0.25, 0.3) is 0 Å². The number of thioether (sulfide) groups is 1. The van der Waals surface area contributed by atoms with Crippen molar-refractivity contribution in [3.05, 3.63) is 80.4 Å². The average molecular weight is 412 g/mol. The minimum atomic E-state index is -0.666. The highest BCUT2D eigenvalue weighted by atomic mass is 32.2. The molecule has 1 atom stereocenters. The number of nitrogens with one attached hydrogen (secondary N) is 1. The topological polar surface area (TPSA) is 111 Å². The van der Waals surface area contributed by atoms with Crippen LogP contribution in [0, 0.1) is 20.2 Å². The molecule has 0 spiro atoms. The van der Waals surface area contributed by atoms with E-state index in [2.05, 4.69) is 23.5 Å². The maximum atomic E-state index is 11.3. The van der Waals surface area contributed by atoms with Crippen molar-refractivity contribution in [2.45, 2.75) is 35.8 Å². The summed E-state index contributed by atoms with van der Waals surface area (Å²) in [5.74, 6) is 0. The molecule has 8 nitrogen and oxygen atoms in total. The molecule has 1 aliphatic rings. The summed E-state index contributed by atoms with van der Waals surface area (Å²) in [6.07, 6.45) is 6.89. The number of nitro groups is 2. The number of hydrazone groups is 1. The Hall–Kier alpha value is -3.20. The van der Waals surface area contributed by atoms with Crippen LogP contribution >= 0.6 is 11.8 Å². The fourth-order valence-electron chi connectivity index (χ4n) is 3.21. The van der Waals surface area contributed by atoms with Gasteiger partial charge in [0.2, 0.25) is 0 Å². The third-order valence-electron chi connectivity index (χ3n) is 4.54. The van der Waals surface area contributed by atoms with Crippen molar-refractivity contribution < 1.29 is 9.85 Å². The maximum absolute atomic E-state index is 11.3. The van der Waals surface area contributed by atoms with Crippen molar-refractivity contribution >= 4 is 35.0 Å². The van der Waals surface area contributed by atoms with Crippen molar-refractivity contribution in [1.82, 2.24) is 0 Å². The normalized spacial score (nSPS) is 19.0. The van der Waals surface area contributed by atoms with Crippen LogP contribution in [0.4, 0.5) is 17.1 Å². The molecule has 2 aromatic rings. The van der Waals surface area contributed by atoms with E-state index in [-0.39, 0.29) is 16.1 Å². The van der Waals surface area contributed by atoms with Gasteiger partial charge >= 0.3 is 5.69 Å². The van der Waals surface area contributed by atoms with Gasteiger partial charge in [-0.1, -0.05) is 29.8 Å². The molecule has 0 amide bonds. The van der Waals surface area contributed by atoms with Crippen LogP contribution < -0.4 is 5.43 Å². The number of nitro benzene ring substituents is 2. The third-order valence-corrected chi connectivity index (χ3v) is 5.85. The molecule has 0 aliphatic heterocycles. The van der Waals surface area contributed by atoms with Gasteiger partial charge in [0.05, 0.1) is 20.7 Å². The molecule has 0 saturated carbocycles. The number of non-ortho nitro benzene ring substituents is 1. The van der Waals surface area contributed by atoms with Gasteiger partial charge in [0.25, 0.3) is 5.69 Å². The van der Waals surface area contributed by atoms with E-state index in [9.17, 15) is 20.2 Å². The summed E-state index contributed by atoms with van der Waals surface area (Å²) in [4.78, 5) is 21.9. The Labute approximate surface area is 172 Å². The number of nitrogens with zero attached hydrogens (tertiary/aromatic N) is 3. The summed E-state index contributed by atoms with van der Waals surface area (Å²) in [5.41, 5.74) is 3.34. The summed E-state index contributed by atoms with van der Waals surface area (Å²) in [7, 11) is 0. The molecule has 1 unspecified atom stereocenters. The van der Waals surface area contributed by atoms with Gasteiger partial charge in [-0.3, -0.25) is 25.7 Å². The first-order valence-electron chi connectivity index (χ1n) is 9.04. The van der Waals surface area contributed by atoms with Gasteiger partial charge in [0.1, 0.15) is 5.69 Å². The smallest absolute Gasteiger partial charge is 0.272 e. The van der Waals surface area contributed by atoms with Gasteiger partial charge in [-0.15, -0.1) is 11.8 Å². The first kappa shape index (κ1) is 20.5. The summed E-state index contributed by atoms with van der Waals surface area (Å²) >= 11 is 1.68. The Bertz CT molecular complexity index is 978. The molecule has 0 aromatic heterocycles. The second-order valence-electron chi connectivity index (χ2n) is 6.80. The Morgan fingerprint density at radius 3 is 2.55 bits per heavy atom. The van der Waals surface area contributed by atoms with Crippen molar-refractivity contribution in [2.24, 2.45) is 5.10 Å². The molecule has 0 bridgehead atoms. The Balaban J connectivity index is 1.86. The standard InChI is InChI=1S/C20H20N4O4S/c1-15-6-5-11-20(13-15,29-17-7-3-2-4-8-17)14-21-22-18-10-9-16(23(25)26)12-19(18)24(27)28/h2-4,7-10,12-14,22H,5-6,11H2,1H3/b21-14+. The van der Waals surface area contributed by atoms with E-state index in [0.717, 1.165) is 30.2 Å². The van der Waals surface area contributed by atoms with Gasteiger partial charge in [0, 0.05) is 17.2 Å². The highest BCUT2D eigenvalue weighted by Crippen LogP contribution is 2.41. The Kier molecular flexibility index (Phi) is 6.28. The summed E-state index contributed by atoms with van der Waals surface area (Å²) in [6.45, 7) is 2.09. The lowest BCUT2D eigenvalue weighted by atomic mass is 9.91. The lowest BCUT2D eigenvalue weighted by Gasteiger charge is -2.30. The fraction of sp³-hybridized carbons (Fsp3) is 0.250. The van der Waals surface area contributed by atoms with Crippen LogP contribution in [-0.4, -0.2) is 20.8 Å².